The lowest BCUT2D eigenvalue weighted by Crippen LogP contribution is -1.97. The van der Waals surface area contributed by atoms with Crippen molar-refractivity contribution in [2.75, 3.05) is 5.73 Å². The van der Waals surface area contributed by atoms with Crippen LogP contribution in [0.5, 0.6) is 0 Å². The van der Waals surface area contributed by atoms with Crippen LogP contribution in [0, 0.1) is 0 Å². The largest absolute Gasteiger partial charge is 0.384 e. The van der Waals surface area contributed by atoms with Crippen LogP contribution < -0.4 is 5.73 Å². The number of halogens is 2. The summed E-state index contributed by atoms with van der Waals surface area (Å²) in [5.74, 6) is 1.39. The number of nitrogens with two attached hydrogens (primary N) is 1. The molecule has 2 aromatic heterocycles. The van der Waals surface area contributed by atoms with Crippen molar-refractivity contribution in [2.24, 2.45) is 0 Å². The van der Waals surface area contributed by atoms with Crippen LogP contribution in [0.1, 0.15) is 31.8 Å². The Morgan fingerprint density at radius 2 is 1.75 bits per heavy atom. The van der Waals surface area contributed by atoms with E-state index in [9.17, 15) is 0 Å². The second-order valence-electron chi connectivity index (χ2n) is 3.82. The third kappa shape index (κ3) is 8.67. The van der Waals surface area contributed by atoms with E-state index in [1.165, 1.54) is 0 Å². The molecule has 0 saturated carbocycles. The molecule has 0 aliphatic heterocycles. The zero-order chi connectivity index (χ0) is 13.2. The molecule has 0 amide bonds. The molecule has 112 valence electrons. The number of anilines is 1. The van der Waals surface area contributed by atoms with E-state index in [4.69, 9.17) is 5.73 Å². The van der Waals surface area contributed by atoms with Gasteiger partial charge in [-0.2, -0.15) is 0 Å². The van der Waals surface area contributed by atoms with Gasteiger partial charge in [-0.1, -0.05) is 19.9 Å². The summed E-state index contributed by atoms with van der Waals surface area (Å²) < 4.78 is 0. The van der Waals surface area contributed by atoms with Crippen molar-refractivity contribution < 1.29 is 0 Å². The molecule has 0 radical (unpaired) electrons. The molecule has 0 spiro atoms. The van der Waals surface area contributed by atoms with Gasteiger partial charge >= 0.3 is 0 Å². The lowest BCUT2D eigenvalue weighted by molar-refractivity contribution is 0.837. The van der Waals surface area contributed by atoms with Crippen molar-refractivity contribution in [1.82, 2.24) is 15.0 Å². The van der Waals surface area contributed by atoms with Gasteiger partial charge in [-0.3, -0.25) is 4.98 Å². The fraction of sp³-hybridized carbons (Fsp3) is 0.357. The molecule has 2 N–H and O–H groups in total. The number of nitrogen functional groups attached to an aromatic ring is 1. The first-order chi connectivity index (χ1) is 8.76. The highest BCUT2D eigenvalue weighted by Crippen LogP contribution is 1.98. The van der Waals surface area contributed by atoms with E-state index in [1.54, 1.807) is 12.3 Å². The molecule has 2 rings (SSSR count). The third-order valence-electron chi connectivity index (χ3n) is 2.29. The van der Waals surface area contributed by atoms with Crippen LogP contribution in [0.2, 0.25) is 0 Å². The van der Waals surface area contributed by atoms with E-state index in [2.05, 4.69) is 28.8 Å². The Balaban J connectivity index is 0. The lowest BCUT2D eigenvalue weighted by Gasteiger charge is -1.95. The zero-order valence-corrected chi connectivity index (χ0v) is 13.5. The molecule has 20 heavy (non-hydrogen) atoms. The second kappa shape index (κ2) is 12.6. The summed E-state index contributed by atoms with van der Waals surface area (Å²) >= 11 is 0. The van der Waals surface area contributed by atoms with Crippen molar-refractivity contribution in [2.45, 2.75) is 33.1 Å². The highest BCUT2D eigenvalue weighted by atomic mass is 35.5. The van der Waals surface area contributed by atoms with Crippen molar-refractivity contribution >= 4 is 30.6 Å². The van der Waals surface area contributed by atoms with E-state index in [0.717, 1.165) is 30.8 Å². The first-order valence-electron chi connectivity index (χ1n) is 6.23. The Morgan fingerprint density at radius 3 is 2.20 bits per heavy atom. The average molecular weight is 317 g/mol. The van der Waals surface area contributed by atoms with Gasteiger partial charge in [0.2, 0.25) is 0 Å². The second-order valence-corrected chi connectivity index (χ2v) is 3.82. The van der Waals surface area contributed by atoms with Crippen molar-refractivity contribution in [3.05, 3.63) is 48.2 Å². The molecule has 4 nitrogen and oxygen atoms in total. The third-order valence-corrected chi connectivity index (χ3v) is 2.29. The van der Waals surface area contributed by atoms with Crippen LogP contribution in [-0.4, -0.2) is 15.0 Å². The Kier molecular flexibility index (Phi) is 13.2. The predicted octanol–water partition coefficient (Wildman–Crippen LogP) is 3.50. The SMILES string of the molecule is CCCc1nccc(N)n1.CCc1ccccn1.Cl.Cl. The van der Waals surface area contributed by atoms with Crippen LogP contribution in [0.3, 0.4) is 0 Å². The molecular formula is C14H22Cl2N4. The minimum absolute atomic E-state index is 0. The monoisotopic (exact) mass is 316 g/mol. The molecule has 2 aromatic rings. The minimum Gasteiger partial charge on any atom is -0.384 e. The topological polar surface area (TPSA) is 64.7 Å². The number of aromatic nitrogens is 3. The highest BCUT2D eigenvalue weighted by molar-refractivity contribution is 5.85. The molecule has 0 aromatic carbocycles. The fourth-order valence-electron chi connectivity index (χ4n) is 1.37. The lowest BCUT2D eigenvalue weighted by atomic mass is 10.3. The van der Waals surface area contributed by atoms with E-state index >= 15 is 0 Å². The number of hydrogen-bond acceptors (Lipinski definition) is 4. The average Bonchev–Trinajstić information content (AvgIpc) is 2.41. The van der Waals surface area contributed by atoms with E-state index in [1.807, 2.05) is 24.4 Å². The van der Waals surface area contributed by atoms with Crippen molar-refractivity contribution in [3.8, 4) is 0 Å². The van der Waals surface area contributed by atoms with Gasteiger partial charge in [0.25, 0.3) is 0 Å². The Bertz CT molecular complexity index is 452. The number of aryl methyl sites for hydroxylation is 2. The maximum atomic E-state index is 5.44. The number of rotatable bonds is 3. The van der Waals surface area contributed by atoms with E-state index < -0.39 is 0 Å². The van der Waals surface area contributed by atoms with E-state index in [-0.39, 0.29) is 24.8 Å². The standard InChI is InChI=1S/C7H11N3.C7H9N.2ClH/c1-2-3-7-9-5-4-6(8)10-7;1-2-7-5-3-4-6-8-7;;/h4-5H,2-3H2,1H3,(H2,8,9,10);3-6H,2H2,1H3;2*1H. The molecule has 0 aliphatic rings. The fourth-order valence-corrected chi connectivity index (χ4v) is 1.37. The summed E-state index contributed by atoms with van der Waals surface area (Å²) in [7, 11) is 0. The minimum atomic E-state index is 0. The van der Waals surface area contributed by atoms with Crippen LogP contribution in [0.25, 0.3) is 0 Å². The molecule has 6 heteroatoms. The van der Waals surface area contributed by atoms with Crippen LogP contribution >= 0.6 is 24.8 Å². The van der Waals surface area contributed by atoms with Gasteiger partial charge in [-0.15, -0.1) is 24.8 Å². The number of hydrogen-bond donors (Lipinski definition) is 1. The van der Waals surface area contributed by atoms with Gasteiger partial charge in [0.15, 0.2) is 0 Å². The molecular weight excluding hydrogens is 295 g/mol. The number of pyridine rings is 1. The first-order valence-corrected chi connectivity index (χ1v) is 6.23. The van der Waals surface area contributed by atoms with Gasteiger partial charge in [-0.25, -0.2) is 9.97 Å². The van der Waals surface area contributed by atoms with Crippen LogP contribution in [0.4, 0.5) is 5.82 Å². The number of nitrogens with zero attached hydrogens (tertiary/aromatic N) is 3. The van der Waals surface area contributed by atoms with Crippen LogP contribution in [-0.2, 0) is 12.8 Å². The normalized spacial score (nSPS) is 8.50. The summed E-state index contributed by atoms with van der Waals surface area (Å²) in [5.41, 5.74) is 6.60. The molecule has 0 bridgehead atoms. The highest BCUT2D eigenvalue weighted by Gasteiger charge is 1.92. The van der Waals surface area contributed by atoms with Gasteiger partial charge in [-0.05, 0) is 31.0 Å². The molecule has 0 saturated heterocycles. The van der Waals surface area contributed by atoms with Crippen molar-refractivity contribution in [1.29, 1.82) is 0 Å². The summed E-state index contributed by atoms with van der Waals surface area (Å²) in [6, 6.07) is 7.66. The summed E-state index contributed by atoms with van der Waals surface area (Å²) in [4.78, 5) is 12.2. The summed E-state index contributed by atoms with van der Waals surface area (Å²) in [6.07, 6.45) is 6.50. The first kappa shape index (κ1) is 20.9. The summed E-state index contributed by atoms with van der Waals surface area (Å²) in [6.45, 7) is 4.19. The zero-order valence-electron chi connectivity index (χ0n) is 11.8. The molecule has 0 unspecified atom stereocenters. The summed E-state index contributed by atoms with van der Waals surface area (Å²) in [5, 5.41) is 0. The van der Waals surface area contributed by atoms with E-state index in [0.29, 0.717) is 5.82 Å². The quantitative estimate of drug-likeness (QED) is 0.941. The predicted molar refractivity (Wildman–Crippen MR) is 88.6 cm³/mol. The van der Waals surface area contributed by atoms with Gasteiger partial charge < -0.3 is 5.73 Å². The molecule has 0 fully saturated rings. The molecule has 0 atom stereocenters. The van der Waals surface area contributed by atoms with Crippen LogP contribution in [0.15, 0.2) is 36.7 Å². The van der Waals surface area contributed by atoms with Gasteiger partial charge in [0.05, 0.1) is 0 Å². The van der Waals surface area contributed by atoms with Gasteiger partial charge in [0.1, 0.15) is 11.6 Å². The Labute approximate surface area is 133 Å². The maximum Gasteiger partial charge on any atom is 0.130 e. The smallest absolute Gasteiger partial charge is 0.130 e. The van der Waals surface area contributed by atoms with Gasteiger partial charge in [0, 0.05) is 24.5 Å². The maximum absolute atomic E-state index is 5.44. The molecule has 0 aliphatic carbocycles. The molecule has 2 heterocycles. The Morgan fingerprint density at radius 1 is 1.00 bits per heavy atom. The van der Waals surface area contributed by atoms with Crippen molar-refractivity contribution in [3.63, 3.8) is 0 Å². The Hall–Kier alpha value is -1.39.